The van der Waals surface area contributed by atoms with E-state index in [-0.39, 0.29) is 9.16 Å². The molecule has 1 heterocycles. The van der Waals surface area contributed by atoms with Crippen molar-refractivity contribution in [3.05, 3.63) is 0 Å². The largest absolute Gasteiger partial charge is 0.809 e. The van der Waals surface area contributed by atoms with Gasteiger partial charge in [-0.25, -0.2) is 4.58 Å². The van der Waals surface area contributed by atoms with Crippen molar-refractivity contribution < 1.29 is 0 Å². The third-order valence-electron chi connectivity index (χ3n) is 2.79. The molecule has 1 rings (SSSR count). The molecular weight excluding hydrogens is 387 g/mol. The van der Waals surface area contributed by atoms with Crippen LogP contribution in [0.15, 0.2) is 0 Å². The Morgan fingerprint density at radius 3 is 2.29 bits per heavy atom. The van der Waals surface area contributed by atoms with Crippen LogP contribution in [0.4, 0.5) is 0 Å². The molecule has 1 N–H and O–H groups in total. The lowest BCUT2D eigenvalue weighted by Crippen LogP contribution is -2.60. The smallest absolute Gasteiger partial charge is 0.00428 e. The molecule has 0 amide bonds. The van der Waals surface area contributed by atoms with Gasteiger partial charge in [-0.2, -0.15) is 0 Å². The van der Waals surface area contributed by atoms with Crippen molar-refractivity contribution >= 4 is 95.9 Å². The predicted molar refractivity (Wildman–Crippen MR) is 100 cm³/mol. The van der Waals surface area contributed by atoms with E-state index < -0.39 is 19.7 Å². The minimum Gasteiger partial charge on any atom is -0.809 e. The summed E-state index contributed by atoms with van der Waals surface area (Å²) in [5, 5.41) is 3.46. The zero-order valence-corrected chi connectivity index (χ0v) is 16.3. The summed E-state index contributed by atoms with van der Waals surface area (Å²) in [5.74, 6) is 0. The van der Waals surface area contributed by atoms with Crippen LogP contribution >= 0.6 is 11.7 Å². The summed E-state index contributed by atoms with van der Waals surface area (Å²) < 4.78 is -0.651. The van der Waals surface area contributed by atoms with Gasteiger partial charge in [0.15, 0.2) is 0 Å². The molecule has 0 aliphatic carbocycles. The maximum Gasteiger partial charge on any atom is 0.00428 e. The van der Waals surface area contributed by atoms with Gasteiger partial charge >= 0.3 is 0 Å². The van der Waals surface area contributed by atoms with Gasteiger partial charge in [0.1, 0.15) is 0 Å². The van der Waals surface area contributed by atoms with E-state index in [4.69, 9.17) is 70.0 Å². The van der Waals surface area contributed by atoms with Crippen LogP contribution in [0.3, 0.4) is 0 Å². The van der Waals surface area contributed by atoms with Crippen molar-refractivity contribution in [3.8, 4) is 0 Å². The number of nitrogens with one attached hydrogen (secondary N) is 1. The molecule has 0 radical (unpaired) electrons. The van der Waals surface area contributed by atoms with Crippen molar-refractivity contribution in [1.29, 1.82) is 0 Å². The number of rotatable bonds is 4. The molecule has 1 saturated heterocycles. The summed E-state index contributed by atoms with van der Waals surface area (Å²) in [6.07, 6.45) is -0.149. The zero-order chi connectivity index (χ0) is 13.4. The van der Waals surface area contributed by atoms with E-state index in [1.165, 1.54) is 0 Å². The average molecular weight is 399 g/mol. The first-order chi connectivity index (χ1) is 7.61. The molecule has 10 heteroatoms. The van der Waals surface area contributed by atoms with Gasteiger partial charge < -0.3 is 38.6 Å². The minimum atomic E-state index is -1.99. The van der Waals surface area contributed by atoms with Crippen LogP contribution in [-0.4, -0.2) is 20.7 Å². The number of hydrogen-bond acceptors (Lipinski definition) is 8. The highest BCUT2D eigenvalue weighted by atomic mass is 33.5. The van der Waals surface area contributed by atoms with Gasteiger partial charge in [-0.1, -0.05) is 10.8 Å². The quantitative estimate of drug-likeness (QED) is 0.406. The second-order valence-corrected chi connectivity index (χ2v) is 17.9. The van der Waals surface area contributed by atoms with Gasteiger partial charge in [-0.15, -0.1) is 11.7 Å². The first kappa shape index (κ1) is 17.6. The number of hydrogen-bond donors (Lipinski definition) is 2. The number of thiol groups is 1. The van der Waals surface area contributed by atoms with E-state index in [9.17, 15) is 0 Å². The first-order valence-electron chi connectivity index (χ1n) is 4.75. The SMILES string of the molecule is CC1CCC(C([S-])[S-](=S)=S)(C([S-])S(=S)(=S)S)N1. The van der Waals surface area contributed by atoms with Gasteiger partial charge in [0, 0.05) is 6.04 Å². The molecule has 0 aromatic carbocycles. The Morgan fingerprint density at radius 2 is 2.00 bits per heavy atom. The van der Waals surface area contributed by atoms with Gasteiger partial charge in [0.25, 0.3) is 0 Å². The first-order valence-corrected chi connectivity index (χ1v) is 13.4. The molecule has 1 aliphatic rings. The second kappa shape index (κ2) is 6.57. The van der Waals surface area contributed by atoms with Gasteiger partial charge in [-0.3, -0.25) is 22.4 Å². The van der Waals surface area contributed by atoms with Crippen molar-refractivity contribution in [3.63, 3.8) is 0 Å². The molecule has 0 spiro atoms. The van der Waals surface area contributed by atoms with Gasteiger partial charge in [0.05, 0.1) is 0 Å². The highest BCUT2D eigenvalue weighted by Gasteiger charge is 2.38. The monoisotopic (exact) mass is 398 g/mol. The van der Waals surface area contributed by atoms with E-state index >= 15 is 0 Å². The zero-order valence-electron chi connectivity index (χ0n) is 8.86. The van der Waals surface area contributed by atoms with Crippen molar-refractivity contribution in [1.82, 2.24) is 5.32 Å². The molecule has 0 bridgehead atoms. The average Bonchev–Trinajstić information content (AvgIpc) is 2.58. The third-order valence-corrected chi connectivity index (χ3v) is 11.6. The molecule has 4 unspecified atom stereocenters. The lowest BCUT2D eigenvalue weighted by molar-refractivity contribution is 0.425. The molecule has 0 aromatic heterocycles. The molecule has 1 fully saturated rings. The van der Waals surface area contributed by atoms with E-state index in [2.05, 4.69) is 23.9 Å². The Hall–Kier alpha value is 2.59. The summed E-state index contributed by atoms with van der Waals surface area (Å²) >= 11 is 36.2. The fourth-order valence-corrected chi connectivity index (χ4v) is 7.11. The molecule has 102 valence electrons. The molecule has 0 saturated carbocycles. The molecule has 1 nitrogen and oxygen atoms in total. The summed E-state index contributed by atoms with van der Waals surface area (Å²) in [4.78, 5) is 0. The van der Waals surface area contributed by atoms with E-state index in [0.29, 0.717) is 6.04 Å². The summed E-state index contributed by atoms with van der Waals surface area (Å²) in [6.45, 7) is 2.10. The normalized spacial score (nSPS) is 33.8. The van der Waals surface area contributed by atoms with Crippen molar-refractivity contribution in [2.75, 3.05) is 0 Å². The van der Waals surface area contributed by atoms with Crippen LogP contribution in [0, 0.1) is 0 Å². The standard InChI is InChI=1S/C7H14NS9/c1-4-2-3-7(8-4,5(9)16(11)12)6(10)17(13,14)15/h4-6,8-10H,2-3H2,1H3,(H,13,14,15)/q-1/p-2. The van der Waals surface area contributed by atoms with Crippen LogP contribution < -0.4 is 5.32 Å². The summed E-state index contributed by atoms with van der Waals surface area (Å²) in [7, 11) is -0.721. The Balaban J connectivity index is 3.21. The van der Waals surface area contributed by atoms with E-state index in [1.807, 2.05) is 0 Å². The highest BCUT2D eigenvalue weighted by Crippen LogP contribution is 2.35. The van der Waals surface area contributed by atoms with Crippen LogP contribution in [0.2, 0.25) is 0 Å². The second-order valence-electron chi connectivity index (χ2n) is 4.06. The lowest BCUT2D eigenvalue weighted by atomic mass is 10.0. The van der Waals surface area contributed by atoms with E-state index in [0.717, 1.165) is 12.8 Å². The molecule has 4 atom stereocenters. The Morgan fingerprint density at radius 1 is 1.47 bits per heavy atom. The van der Waals surface area contributed by atoms with Crippen LogP contribution in [0.5, 0.6) is 0 Å². The van der Waals surface area contributed by atoms with Crippen LogP contribution in [0.25, 0.3) is 0 Å². The van der Waals surface area contributed by atoms with Crippen LogP contribution in [-0.2, 0) is 84.2 Å². The topological polar surface area (TPSA) is 12.0 Å². The fraction of sp³-hybridized carbons (Fsp3) is 1.00. The Kier molecular flexibility index (Phi) is 6.82. The molecule has 1 aliphatic heterocycles. The highest BCUT2D eigenvalue weighted by molar-refractivity contribution is 8.94. The molecule has 0 aromatic rings. The fourth-order valence-electron chi connectivity index (χ4n) is 1.98. The van der Waals surface area contributed by atoms with Crippen molar-refractivity contribution in [2.24, 2.45) is 0 Å². The Labute approximate surface area is 140 Å². The minimum absolute atomic E-state index is 0.287. The van der Waals surface area contributed by atoms with E-state index in [1.54, 1.807) is 0 Å². The van der Waals surface area contributed by atoms with Gasteiger partial charge in [-0.05, 0) is 47.7 Å². The lowest BCUT2D eigenvalue weighted by Gasteiger charge is -2.56. The van der Waals surface area contributed by atoms with Crippen molar-refractivity contribution in [2.45, 2.75) is 40.5 Å². The molecular formula is C7H12NS9-3. The third kappa shape index (κ3) is 4.04. The Bertz CT molecular complexity index is 444. The molecule has 17 heavy (non-hydrogen) atoms. The maximum absolute atomic E-state index is 5.53. The van der Waals surface area contributed by atoms with Crippen LogP contribution in [0.1, 0.15) is 19.8 Å². The summed E-state index contributed by atoms with van der Waals surface area (Å²) in [6, 6.07) is 0.347. The summed E-state index contributed by atoms with van der Waals surface area (Å²) in [5.41, 5.74) is -0.475. The maximum atomic E-state index is 5.53. The van der Waals surface area contributed by atoms with Gasteiger partial charge in [0.2, 0.25) is 0 Å². The predicted octanol–water partition coefficient (Wildman–Crippen LogP) is 0.708.